The molecule has 0 radical (unpaired) electrons. The molecular formula is C5H8O2S. The van der Waals surface area contributed by atoms with Crippen molar-refractivity contribution >= 4 is 18.6 Å². The third-order valence-corrected chi connectivity index (χ3v) is 0.775. The van der Waals surface area contributed by atoms with Crippen molar-refractivity contribution in [3.8, 4) is 0 Å². The largest absolute Gasteiger partial charge is 0.481 e. The fraction of sp³-hybridized carbons (Fsp3) is 0.400. The van der Waals surface area contributed by atoms with Crippen molar-refractivity contribution in [1.29, 1.82) is 0 Å². The smallest absolute Gasteiger partial charge is 0.307 e. The van der Waals surface area contributed by atoms with Crippen molar-refractivity contribution in [1.82, 2.24) is 0 Å². The predicted molar refractivity (Wildman–Crippen MR) is 35.2 cm³/mol. The first kappa shape index (κ1) is 7.56. The molecule has 0 saturated carbocycles. The van der Waals surface area contributed by atoms with Crippen LogP contribution in [-0.2, 0) is 4.79 Å². The van der Waals surface area contributed by atoms with Gasteiger partial charge in [0, 0.05) is 5.75 Å². The Morgan fingerprint density at radius 2 is 2.25 bits per heavy atom. The SMILES string of the molecule is O=C(O)C/C=C/CS. The van der Waals surface area contributed by atoms with Crippen LogP contribution in [0, 0.1) is 0 Å². The lowest BCUT2D eigenvalue weighted by atomic mass is 10.4. The van der Waals surface area contributed by atoms with Crippen LogP contribution in [-0.4, -0.2) is 16.8 Å². The van der Waals surface area contributed by atoms with E-state index in [4.69, 9.17) is 5.11 Å². The summed E-state index contributed by atoms with van der Waals surface area (Å²) in [4.78, 5) is 9.80. The van der Waals surface area contributed by atoms with Gasteiger partial charge in [0.15, 0.2) is 0 Å². The highest BCUT2D eigenvalue weighted by molar-refractivity contribution is 7.80. The summed E-state index contributed by atoms with van der Waals surface area (Å²) < 4.78 is 0. The molecule has 0 bridgehead atoms. The lowest BCUT2D eigenvalue weighted by Crippen LogP contribution is -1.89. The van der Waals surface area contributed by atoms with E-state index in [1.165, 1.54) is 0 Å². The van der Waals surface area contributed by atoms with E-state index in [0.717, 1.165) is 0 Å². The summed E-state index contributed by atoms with van der Waals surface area (Å²) in [7, 11) is 0. The first-order valence-electron chi connectivity index (χ1n) is 2.25. The fourth-order valence-corrected chi connectivity index (χ4v) is 0.408. The zero-order chi connectivity index (χ0) is 6.41. The lowest BCUT2D eigenvalue weighted by Gasteiger charge is -1.79. The van der Waals surface area contributed by atoms with E-state index in [-0.39, 0.29) is 6.42 Å². The number of rotatable bonds is 3. The second-order valence-corrected chi connectivity index (χ2v) is 1.62. The van der Waals surface area contributed by atoms with Gasteiger partial charge in [-0.2, -0.15) is 12.6 Å². The minimum absolute atomic E-state index is 0.0978. The van der Waals surface area contributed by atoms with Gasteiger partial charge < -0.3 is 5.11 Å². The molecule has 0 aromatic carbocycles. The van der Waals surface area contributed by atoms with E-state index in [1.54, 1.807) is 12.2 Å². The molecule has 0 amide bonds. The van der Waals surface area contributed by atoms with E-state index in [9.17, 15) is 4.79 Å². The molecule has 0 rings (SSSR count). The zero-order valence-corrected chi connectivity index (χ0v) is 5.27. The fourth-order valence-electron chi connectivity index (χ4n) is 0.259. The van der Waals surface area contributed by atoms with E-state index in [1.807, 2.05) is 0 Å². The first-order chi connectivity index (χ1) is 3.77. The third-order valence-electron chi connectivity index (χ3n) is 0.565. The van der Waals surface area contributed by atoms with Crippen LogP contribution in [0.4, 0.5) is 0 Å². The Hall–Kier alpha value is -0.440. The number of hydrogen-bond donors (Lipinski definition) is 2. The molecule has 0 unspecified atom stereocenters. The Kier molecular flexibility index (Phi) is 4.45. The van der Waals surface area contributed by atoms with Gasteiger partial charge in [0.25, 0.3) is 0 Å². The van der Waals surface area contributed by atoms with Crippen molar-refractivity contribution in [3.05, 3.63) is 12.2 Å². The van der Waals surface area contributed by atoms with Gasteiger partial charge in [-0.05, 0) is 0 Å². The predicted octanol–water partition coefficient (Wildman–Crippen LogP) is 0.947. The molecule has 46 valence electrons. The Bertz CT molecular complexity index is 98.6. The maximum Gasteiger partial charge on any atom is 0.307 e. The van der Waals surface area contributed by atoms with Crippen molar-refractivity contribution in [2.45, 2.75) is 6.42 Å². The monoisotopic (exact) mass is 132 g/mol. The number of hydrogen-bond acceptors (Lipinski definition) is 2. The van der Waals surface area contributed by atoms with E-state index < -0.39 is 5.97 Å². The number of carbonyl (C=O) groups is 1. The third kappa shape index (κ3) is 5.56. The molecule has 1 N–H and O–H groups in total. The number of carboxylic acid groups (broad SMARTS) is 1. The summed E-state index contributed by atoms with van der Waals surface area (Å²) in [6.07, 6.45) is 3.38. The number of aliphatic carboxylic acids is 1. The molecule has 0 fully saturated rings. The van der Waals surface area contributed by atoms with Gasteiger partial charge in [-0.3, -0.25) is 4.79 Å². The molecule has 0 atom stereocenters. The van der Waals surface area contributed by atoms with Gasteiger partial charge in [0.05, 0.1) is 6.42 Å². The van der Waals surface area contributed by atoms with Gasteiger partial charge >= 0.3 is 5.97 Å². The Morgan fingerprint density at radius 1 is 1.62 bits per heavy atom. The molecule has 0 aromatic rings. The highest BCUT2D eigenvalue weighted by Gasteiger charge is 1.86. The van der Waals surface area contributed by atoms with E-state index in [2.05, 4.69) is 12.6 Å². The average Bonchev–Trinajstić information content (AvgIpc) is 1.66. The van der Waals surface area contributed by atoms with Gasteiger partial charge in [-0.15, -0.1) is 0 Å². The topological polar surface area (TPSA) is 37.3 Å². The van der Waals surface area contributed by atoms with Crippen LogP contribution in [0.3, 0.4) is 0 Å². The zero-order valence-electron chi connectivity index (χ0n) is 4.37. The van der Waals surface area contributed by atoms with Crippen molar-refractivity contribution in [2.75, 3.05) is 5.75 Å². The molecule has 3 heteroatoms. The van der Waals surface area contributed by atoms with Crippen LogP contribution < -0.4 is 0 Å². The summed E-state index contributed by atoms with van der Waals surface area (Å²) in [5.41, 5.74) is 0. The number of thiol groups is 1. The van der Waals surface area contributed by atoms with Gasteiger partial charge in [0.2, 0.25) is 0 Å². The van der Waals surface area contributed by atoms with Crippen molar-refractivity contribution in [3.63, 3.8) is 0 Å². The molecular weight excluding hydrogens is 124 g/mol. The minimum atomic E-state index is -0.803. The Balaban J connectivity index is 3.16. The average molecular weight is 132 g/mol. The van der Waals surface area contributed by atoms with E-state index >= 15 is 0 Å². The highest BCUT2D eigenvalue weighted by Crippen LogP contribution is 1.83. The normalized spacial score (nSPS) is 10.1. The molecule has 0 aliphatic heterocycles. The minimum Gasteiger partial charge on any atom is -0.481 e. The summed E-state index contributed by atoms with van der Waals surface area (Å²) >= 11 is 3.84. The standard InChI is InChI=1S/C5H8O2S/c6-5(7)3-1-2-4-8/h1-2,8H,3-4H2,(H,6,7)/b2-1+. The molecule has 0 heterocycles. The molecule has 2 nitrogen and oxygen atoms in total. The summed E-state index contributed by atoms with van der Waals surface area (Å²) in [5.74, 6) is -0.198. The molecule has 0 aliphatic rings. The van der Waals surface area contributed by atoms with E-state index in [0.29, 0.717) is 5.75 Å². The van der Waals surface area contributed by atoms with Crippen LogP contribution in [0.15, 0.2) is 12.2 Å². The maximum absolute atomic E-state index is 9.80. The van der Waals surface area contributed by atoms with Crippen molar-refractivity contribution in [2.24, 2.45) is 0 Å². The van der Waals surface area contributed by atoms with Crippen LogP contribution in [0.2, 0.25) is 0 Å². The summed E-state index contributed by atoms with van der Waals surface area (Å²) in [5, 5.41) is 8.06. The van der Waals surface area contributed by atoms with Crippen LogP contribution in [0.5, 0.6) is 0 Å². The van der Waals surface area contributed by atoms with Crippen LogP contribution in [0.25, 0.3) is 0 Å². The lowest BCUT2D eigenvalue weighted by molar-refractivity contribution is -0.135. The molecule has 0 aromatic heterocycles. The van der Waals surface area contributed by atoms with Gasteiger partial charge in [-0.25, -0.2) is 0 Å². The second kappa shape index (κ2) is 4.71. The maximum atomic E-state index is 9.80. The number of carboxylic acids is 1. The van der Waals surface area contributed by atoms with Crippen molar-refractivity contribution < 1.29 is 9.90 Å². The molecule has 0 aliphatic carbocycles. The van der Waals surface area contributed by atoms with Crippen LogP contribution >= 0.6 is 12.6 Å². The van der Waals surface area contributed by atoms with Gasteiger partial charge in [0.1, 0.15) is 0 Å². The van der Waals surface area contributed by atoms with Crippen LogP contribution in [0.1, 0.15) is 6.42 Å². The second-order valence-electron chi connectivity index (χ2n) is 1.25. The molecule has 8 heavy (non-hydrogen) atoms. The summed E-state index contributed by atoms with van der Waals surface area (Å²) in [6, 6.07) is 0. The highest BCUT2D eigenvalue weighted by atomic mass is 32.1. The Labute approximate surface area is 53.6 Å². The first-order valence-corrected chi connectivity index (χ1v) is 2.88. The molecule has 0 spiro atoms. The Morgan fingerprint density at radius 3 is 2.62 bits per heavy atom. The quantitative estimate of drug-likeness (QED) is 0.443. The molecule has 0 saturated heterocycles. The summed E-state index contributed by atoms with van der Waals surface area (Å²) in [6.45, 7) is 0. The van der Waals surface area contributed by atoms with Gasteiger partial charge in [-0.1, -0.05) is 12.2 Å².